The van der Waals surface area contributed by atoms with Crippen LogP contribution in [0.1, 0.15) is 81.4 Å². The van der Waals surface area contributed by atoms with Gasteiger partial charge in [-0.2, -0.15) is 0 Å². The number of rotatable bonds is 11. The van der Waals surface area contributed by atoms with E-state index in [1.807, 2.05) is 6.07 Å². The number of likely N-dealkylation sites (tertiary alicyclic amines) is 1. The molecule has 1 spiro atoms. The van der Waals surface area contributed by atoms with Crippen LogP contribution in [0.15, 0.2) is 42.5 Å². The maximum Gasteiger partial charge on any atom is 0.308 e. The van der Waals surface area contributed by atoms with Gasteiger partial charge in [-0.05, 0) is 101 Å². The Bertz CT molecular complexity index is 1280. The van der Waals surface area contributed by atoms with Crippen LogP contribution in [0.25, 0.3) is 0 Å². The molecule has 1 saturated heterocycles. The molecule has 0 amide bonds. The minimum absolute atomic E-state index is 0.122. The lowest BCUT2D eigenvalue weighted by Gasteiger charge is -2.64. The largest absolute Gasteiger partial charge is 0.483 e. The Morgan fingerprint density at radius 1 is 1.07 bits per heavy atom. The second-order valence-electron chi connectivity index (χ2n) is 13.6. The van der Waals surface area contributed by atoms with Gasteiger partial charge in [-0.15, -0.1) is 0 Å². The summed E-state index contributed by atoms with van der Waals surface area (Å²) in [7, 11) is 2.25. The molecule has 3 aliphatic carbocycles. The van der Waals surface area contributed by atoms with Crippen molar-refractivity contribution in [2.24, 2.45) is 5.92 Å². The van der Waals surface area contributed by atoms with E-state index in [4.69, 9.17) is 9.47 Å². The molecule has 41 heavy (non-hydrogen) atoms. The normalized spacial score (nSPS) is 31.6. The van der Waals surface area contributed by atoms with Crippen LogP contribution < -0.4 is 9.47 Å². The monoisotopic (exact) mass is 558 g/mol. The minimum Gasteiger partial charge on any atom is -0.483 e. The molecule has 5 atom stereocenters. The summed E-state index contributed by atoms with van der Waals surface area (Å²) in [6.45, 7) is 4.58. The number of esters is 1. The zero-order valence-corrected chi connectivity index (χ0v) is 24.8. The molecular formula is C35H46N2O4. The van der Waals surface area contributed by atoms with Crippen molar-refractivity contribution in [2.45, 2.75) is 107 Å². The van der Waals surface area contributed by atoms with Gasteiger partial charge in [0.05, 0.1) is 11.0 Å². The summed E-state index contributed by atoms with van der Waals surface area (Å²) >= 11 is 0. The van der Waals surface area contributed by atoms with Crippen molar-refractivity contribution in [2.75, 3.05) is 26.7 Å². The minimum atomic E-state index is -0.827. The Kier molecular flexibility index (Phi) is 7.16. The maximum atomic E-state index is 12.8. The molecule has 2 bridgehead atoms. The van der Waals surface area contributed by atoms with Crippen molar-refractivity contribution in [3.63, 3.8) is 0 Å². The van der Waals surface area contributed by atoms with Gasteiger partial charge in [0.15, 0.2) is 11.5 Å². The van der Waals surface area contributed by atoms with E-state index in [1.165, 1.54) is 56.6 Å². The summed E-state index contributed by atoms with van der Waals surface area (Å²) in [6, 6.07) is 15.2. The molecule has 2 aromatic carbocycles. The molecule has 3 fully saturated rings. The van der Waals surface area contributed by atoms with Gasteiger partial charge >= 0.3 is 5.97 Å². The Labute approximate surface area is 245 Å². The molecule has 0 aromatic heterocycles. The number of piperidine rings is 1. The number of ether oxygens (including phenoxy) is 2. The fourth-order valence-electron chi connectivity index (χ4n) is 8.99. The fraction of sp³-hybridized carbons (Fsp3) is 0.629. The number of aliphatic hydroxyl groups is 1. The standard InChI is InChI=1S/C35H46N2O4/c1-24(38)40-29-16-15-27-22-30-35(39)18-17-28(36(2)20-9-4-3-6-10-25-11-7-5-8-12-25)33-34(35,31(27)32(29)41-33)19-21-37(30)23-26-13-14-26/h5,7-8,11-12,15-16,26,28,30,33,39H,3-4,6,9-10,13-14,17-23H2,1-2H3/t28?,30-,33?,34+,35-/m1/s1. The Balaban J connectivity index is 1.11. The van der Waals surface area contributed by atoms with Crippen LogP contribution in [0.4, 0.5) is 0 Å². The van der Waals surface area contributed by atoms with Crippen molar-refractivity contribution in [1.82, 2.24) is 9.80 Å². The van der Waals surface area contributed by atoms with Gasteiger partial charge in [-0.25, -0.2) is 0 Å². The van der Waals surface area contributed by atoms with Gasteiger partial charge in [0, 0.05) is 31.1 Å². The predicted molar refractivity (Wildman–Crippen MR) is 159 cm³/mol. The summed E-state index contributed by atoms with van der Waals surface area (Å²) < 4.78 is 12.6. The molecule has 220 valence electrons. The topological polar surface area (TPSA) is 62.2 Å². The van der Waals surface area contributed by atoms with E-state index in [9.17, 15) is 9.90 Å². The number of hydrogen-bond acceptors (Lipinski definition) is 6. The Morgan fingerprint density at radius 3 is 2.66 bits per heavy atom. The molecule has 5 aliphatic rings. The summed E-state index contributed by atoms with van der Waals surface area (Å²) in [5.74, 6) is 1.69. The zero-order chi connectivity index (χ0) is 28.2. The van der Waals surface area contributed by atoms with Gasteiger partial charge in [-0.1, -0.05) is 49.2 Å². The average molecular weight is 559 g/mol. The number of nitrogens with zero attached hydrogens (tertiary/aromatic N) is 2. The summed E-state index contributed by atoms with van der Waals surface area (Å²) in [5, 5.41) is 12.8. The quantitative estimate of drug-likeness (QED) is 0.230. The van der Waals surface area contributed by atoms with E-state index in [2.05, 4.69) is 53.2 Å². The average Bonchev–Trinajstić information content (AvgIpc) is 3.70. The Hall–Kier alpha value is -2.41. The van der Waals surface area contributed by atoms with Gasteiger partial charge < -0.3 is 14.6 Å². The molecule has 2 aliphatic heterocycles. The second kappa shape index (κ2) is 10.7. The van der Waals surface area contributed by atoms with Crippen molar-refractivity contribution in [3.05, 3.63) is 59.2 Å². The summed E-state index contributed by atoms with van der Waals surface area (Å²) in [5.41, 5.74) is 2.56. The highest BCUT2D eigenvalue weighted by Crippen LogP contribution is 2.66. The third-order valence-electron chi connectivity index (χ3n) is 11.1. The Morgan fingerprint density at radius 2 is 1.88 bits per heavy atom. The molecule has 0 radical (unpaired) electrons. The number of aryl methyl sites for hydroxylation is 1. The van der Waals surface area contributed by atoms with Crippen LogP contribution >= 0.6 is 0 Å². The van der Waals surface area contributed by atoms with Crippen LogP contribution in [-0.2, 0) is 23.1 Å². The van der Waals surface area contributed by atoms with Gasteiger partial charge in [0.25, 0.3) is 0 Å². The molecule has 2 heterocycles. The van der Waals surface area contributed by atoms with E-state index in [-0.39, 0.29) is 24.2 Å². The number of unbranched alkanes of at least 4 members (excludes halogenated alkanes) is 3. The number of carbonyl (C=O) groups excluding carboxylic acids is 1. The van der Waals surface area contributed by atoms with Crippen molar-refractivity contribution in [3.8, 4) is 11.5 Å². The van der Waals surface area contributed by atoms with Crippen molar-refractivity contribution < 1.29 is 19.4 Å². The van der Waals surface area contributed by atoms with Gasteiger partial charge in [0.2, 0.25) is 0 Å². The van der Waals surface area contributed by atoms with E-state index in [0.717, 1.165) is 69.0 Å². The molecule has 7 rings (SSSR count). The van der Waals surface area contributed by atoms with Crippen LogP contribution in [0, 0.1) is 5.92 Å². The molecule has 2 aromatic rings. The molecule has 2 unspecified atom stereocenters. The summed E-state index contributed by atoms with van der Waals surface area (Å²) in [4.78, 5) is 17.1. The van der Waals surface area contributed by atoms with E-state index >= 15 is 0 Å². The summed E-state index contributed by atoms with van der Waals surface area (Å²) in [6.07, 6.45) is 12.0. The lowest BCUT2D eigenvalue weighted by molar-refractivity contribution is -0.199. The van der Waals surface area contributed by atoms with E-state index in [1.54, 1.807) is 0 Å². The molecule has 1 N–H and O–H groups in total. The third kappa shape index (κ3) is 4.61. The van der Waals surface area contributed by atoms with E-state index in [0.29, 0.717) is 5.75 Å². The highest BCUT2D eigenvalue weighted by molar-refractivity contribution is 5.72. The molecule has 6 heteroatoms. The smallest absolute Gasteiger partial charge is 0.308 e. The lowest BCUT2D eigenvalue weighted by Crippen LogP contribution is -2.78. The first-order chi connectivity index (χ1) is 19.9. The van der Waals surface area contributed by atoms with Crippen molar-refractivity contribution in [1.29, 1.82) is 0 Å². The number of benzene rings is 2. The highest BCUT2D eigenvalue weighted by atomic mass is 16.6. The number of carbonyl (C=O) groups is 1. The number of hydrogen-bond donors (Lipinski definition) is 1. The first-order valence-corrected chi connectivity index (χ1v) is 16.1. The fourth-order valence-corrected chi connectivity index (χ4v) is 8.99. The number of likely N-dealkylation sites (N-methyl/N-ethyl adjacent to an activating group) is 1. The van der Waals surface area contributed by atoms with Crippen LogP contribution in [0.2, 0.25) is 0 Å². The predicted octanol–water partition coefficient (Wildman–Crippen LogP) is 5.28. The van der Waals surface area contributed by atoms with Crippen molar-refractivity contribution >= 4 is 5.97 Å². The first kappa shape index (κ1) is 27.4. The van der Waals surface area contributed by atoms with Gasteiger partial charge in [-0.3, -0.25) is 14.6 Å². The molecule has 2 saturated carbocycles. The van der Waals surface area contributed by atoms with Gasteiger partial charge in [0.1, 0.15) is 6.10 Å². The van der Waals surface area contributed by atoms with Crippen LogP contribution in [0.5, 0.6) is 11.5 Å². The highest BCUT2D eigenvalue weighted by Gasteiger charge is 2.73. The maximum absolute atomic E-state index is 12.8. The van der Waals surface area contributed by atoms with Crippen LogP contribution in [-0.4, -0.2) is 71.3 Å². The molecule has 6 nitrogen and oxygen atoms in total. The molecular weight excluding hydrogens is 512 g/mol. The first-order valence-electron chi connectivity index (χ1n) is 16.1. The second-order valence-corrected chi connectivity index (χ2v) is 13.6. The SMILES string of the molecule is CC(=O)Oc1ccc2c3c1OC1C(N(C)CCCCCCc4ccccc4)CC[C@@]4(O)[C@@H](C2)N(CC2CC2)CC[C@]314. The van der Waals surface area contributed by atoms with E-state index < -0.39 is 11.0 Å². The third-order valence-corrected chi connectivity index (χ3v) is 11.1. The van der Waals surface area contributed by atoms with Crippen LogP contribution in [0.3, 0.4) is 0 Å². The zero-order valence-electron chi connectivity index (χ0n) is 24.8. The lowest BCUT2D eigenvalue weighted by atomic mass is 9.48.